The van der Waals surface area contributed by atoms with Crippen LogP contribution in [0.3, 0.4) is 0 Å². The Labute approximate surface area is 171 Å². The predicted octanol–water partition coefficient (Wildman–Crippen LogP) is 4.53. The molecule has 2 N–H and O–H groups in total. The van der Waals surface area contributed by atoms with Gasteiger partial charge in [0.25, 0.3) is 0 Å². The molecule has 0 radical (unpaired) electrons. The molecule has 0 saturated carbocycles. The number of rotatable bonds is 4. The number of carbonyl (C=O) groups is 1. The Kier molecular flexibility index (Phi) is 6.78. The molecule has 4 aromatic rings. The van der Waals surface area contributed by atoms with Crippen LogP contribution in [0.5, 0.6) is 0 Å². The van der Waals surface area contributed by atoms with E-state index in [1.54, 1.807) is 0 Å². The lowest BCUT2D eigenvalue weighted by atomic mass is 10.3. The molecule has 0 aromatic heterocycles. The zero-order chi connectivity index (χ0) is 20.5. The second-order valence-corrected chi connectivity index (χ2v) is 9.70. The normalized spacial score (nSPS) is 10.5. The summed E-state index contributed by atoms with van der Waals surface area (Å²) in [5.41, 5.74) is 0. The fourth-order valence-electron chi connectivity index (χ4n) is 3.50. The molecule has 0 aliphatic rings. The molecule has 0 bridgehead atoms. The quantitative estimate of drug-likeness (QED) is 0.494. The Bertz CT molecular complexity index is 853. The van der Waals surface area contributed by atoms with Crippen LogP contribution in [0.15, 0.2) is 121 Å². The smallest absolute Gasteiger partial charge is 0.450 e. The van der Waals surface area contributed by atoms with E-state index in [9.17, 15) is 0 Å². The minimum absolute atomic E-state index is 1.39. The molecule has 4 aromatic carbocycles. The highest BCUT2D eigenvalue weighted by atomic mass is 31.2. The summed E-state index contributed by atoms with van der Waals surface area (Å²) < 4.78 is 0. The van der Waals surface area contributed by atoms with Crippen molar-refractivity contribution in [1.82, 2.24) is 0 Å². The largest absolute Gasteiger partial charge is 0.503 e. The number of hydrogen-bond acceptors (Lipinski definition) is 1. The third-order valence-electron chi connectivity index (χ3n) is 4.57. The topological polar surface area (TPSA) is 57.5 Å². The molecule has 29 heavy (non-hydrogen) atoms. The summed E-state index contributed by atoms with van der Waals surface area (Å²) in [6, 6.07) is 43.8. The highest BCUT2D eigenvalue weighted by Gasteiger charge is 2.47. The fraction of sp³-hybridized carbons (Fsp3) is 0. The van der Waals surface area contributed by atoms with Crippen LogP contribution in [0.2, 0.25) is 0 Å². The summed E-state index contributed by atoms with van der Waals surface area (Å²) in [7, 11) is -1.91. The molecular formula is C25H22O3P+. The first-order valence-electron chi connectivity index (χ1n) is 9.19. The number of hydrogen-bond donors (Lipinski definition) is 2. The van der Waals surface area contributed by atoms with Gasteiger partial charge in [-0.05, 0) is 48.5 Å². The van der Waals surface area contributed by atoms with Gasteiger partial charge in [-0.3, -0.25) is 0 Å². The van der Waals surface area contributed by atoms with Crippen LogP contribution in [0.1, 0.15) is 0 Å². The van der Waals surface area contributed by atoms with E-state index < -0.39 is 13.4 Å². The van der Waals surface area contributed by atoms with Crippen molar-refractivity contribution < 1.29 is 15.0 Å². The maximum Gasteiger partial charge on any atom is 0.503 e. The van der Waals surface area contributed by atoms with Gasteiger partial charge < -0.3 is 10.2 Å². The van der Waals surface area contributed by atoms with Gasteiger partial charge in [-0.25, -0.2) is 4.79 Å². The molecule has 4 heteroatoms. The highest BCUT2D eigenvalue weighted by Crippen LogP contribution is 2.53. The lowest BCUT2D eigenvalue weighted by molar-refractivity contribution is 0.137. The van der Waals surface area contributed by atoms with Crippen LogP contribution in [0.4, 0.5) is 4.79 Å². The van der Waals surface area contributed by atoms with Gasteiger partial charge in [0, 0.05) is 0 Å². The van der Waals surface area contributed by atoms with Crippen LogP contribution in [0, 0.1) is 0 Å². The molecule has 0 saturated heterocycles. The fourth-order valence-corrected chi connectivity index (χ4v) is 7.77. The van der Waals surface area contributed by atoms with Gasteiger partial charge >= 0.3 is 6.16 Å². The average molecular weight is 401 g/mol. The highest BCUT2D eigenvalue weighted by molar-refractivity contribution is 8.01. The van der Waals surface area contributed by atoms with Crippen molar-refractivity contribution in [2.75, 3.05) is 0 Å². The maximum atomic E-state index is 8.56. The SMILES string of the molecule is O=C(O)O.c1ccc([P+](c2ccccc2)(c2ccccc2)c2ccccc2)cc1. The minimum atomic E-state index is -1.91. The van der Waals surface area contributed by atoms with Crippen molar-refractivity contribution in [3.05, 3.63) is 121 Å². The predicted molar refractivity (Wildman–Crippen MR) is 122 cm³/mol. The van der Waals surface area contributed by atoms with Crippen molar-refractivity contribution in [3.63, 3.8) is 0 Å². The Morgan fingerprint density at radius 2 is 0.621 bits per heavy atom. The molecule has 4 rings (SSSR count). The summed E-state index contributed by atoms with van der Waals surface area (Å²) in [5, 5.41) is 19.5. The van der Waals surface area contributed by atoms with Gasteiger partial charge in [0.2, 0.25) is 0 Å². The maximum absolute atomic E-state index is 8.56. The van der Waals surface area contributed by atoms with Crippen LogP contribution in [0.25, 0.3) is 0 Å². The third-order valence-corrected chi connectivity index (χ3v) is 8.86. The van der Waals surface area contributed by atoms with E-state index in [-0.39, 0.29) is 0 Å². The second kappa shape index (κ2) is 9.68. The standard InChI is InChI=1S/C24H20P.CH2O3/c1-5-13-21(14-6-1)25(22-15-7-2-8-16-22,23-17-9-3-10-18-23)24-19-11-4-12-20-24;2-1(3)4/h1-20H;(H2,2,3,4)/q+1;. The van der Waals surface area contributed by atoms with Gasteiger partial charge in [-0.2, -0.15) is 0 Å². The summed E-state index contributed by atoms with van der Waals surface area (Å²) in [6.07, 6.45) is -1.83. The second-order valence-electron chi connectivity index (χ2n) is 6.30. The van der Waals surface area contributed by atoms with Crippen molar-refractivity contribution in [3.8, 4) is 0 Å². The van der Waals surface area contributed by atoms with E-state index in [0.29, 0.717) is 0 Å². The molecule has 0 aliphatic carbocycles. The third kappa shape index (κ3) is 4.53. The summed E-state index contributed by atoms with van der Waals surface area (Å²) in [5.74, 6) is 0. The van der Waals surface area contributed by atoms with Crippen LogP contribution >= 0.6 is 7.26 Å². The van der Waals surface area contributed by atoms with Gasteiger partial charge in [-0.15, -0.1) is 0 Å². The Hall–Kier alpha value is -3.42. The number of benzene rings is 4. The van der Waals surface area contributed by atoms with Gasteiger partial charge in [0.15, 0.2) is 0 Å². The molecule has 3 nitrogen and oxygen atoms in total. The van der Waals surface area contributed by atoms with Crippen LogP contribution in [-0.2, 0) is 0 Å². The molecular weight excluding hydrogens is 379 g/mol. The van der Waals surface area contributed by atoms with E-state index >= 15 is 0 Å². The Morgan fingerprint density at radius 3 is 0.793 bits per heavy atom. The van der Waals surface area contributed by atoms with Gasteiger partial charge in [-0.1, -0.05) is 72.8 Å². The molecule has 0 amide bonds. The molecule has 0 unspecified atom stereocenters. The van der Waals surface area contributed by atoms with Crippen molar-refractivity contribution in [2.24, 2.45) is 0 Å². The van der Waals surface area contributed by atoms with Crippen LogP contribution in [-0.4, -0.2) is 16.4 Å². The zero-order valence-electron chi connectivity index (χ0n) is 15.8. The lowest BCUT2D eigenvalue weighted by Gasteiger charge is -2.27. The van der Waals surface area contributed by atoms with E-state index in [1.165, 1.54) is 21.2 Å². The van der Waals surface area contributed by atoms with Crippen molar-refractivity contribution in [1.29, 1.82) is 0 Å². The number of carboxylic acid groups (broad SMARTS) is 2. The molecule has 144 valence electrons. The lowest BCUT2D eigenvalue weighted by Crippen LogP contribution is -2.38. The van der Waals surface area contributed by atoms with Crippen molar-refractivity contribution in [2.45, 2.75) is 0 Å². The Morgan fingerprint density at radius 1 is 0.448 bits per heavy atom. The minimum Gasteiger partial charge on any atom is -0.450 e. The summed E-state index contributed by atoms with van der Waals surface area (Å²) >= 11 is 0. The molecule has 0 heterocycles. The van der Waals surface area contributed by atoms with Gasteiger partial charge in [0.1, 0.15) is 28.5 Å². The zero-order valence-corrected chi connectivity index (χ0v) is 16.7. The van der Waals surface area contributed by atoms with Gasteiger partial charge in [0.05, 0.1) is 0 Å². The molecule has 0 atom stereocenters. The van der Waals surface area contributed by atoms with E-state index in [1.807, 2.05) is 0 Å². The first-order chi connectivity index (χ1) is 14.2. The summed E-state index contributed by atoms with van der Waals surface area (Å²) in [6.45, 7) is 0. The summed E-state index contributed by atoms with van der Waals surface area (Å²) in [4.78, 5) is 8.56. The van der Waals surface area contributed by atoms with Crippen molar-refractivity contribution >= 4 is 34.6 Å². The van der Waals surface area contributed by atoms with E-state index in [0.717, 1.165) is 0 Å². The first-order valence-corrected chi connectivity index (χ1v) is 11.0. The van der Waals surface area contributed by atoms with E-state index in [2.05, 4.69) is 121 Å². The molecule has 0 aliphatic heterocycles. The Balaban J connectivity index is 0.000000552. The van der Waals surface area contributed by atoms with Crippen LogP contribution < -0.4 is 21.2 Å². The first kappa shape index (κ1) is 20.3. The molecule has 0 spiro atoms. The van der Waals surface area contributed by atoms with E-state index in [4.69, 9.17) is 15.0 Å². The average Bonchev–Trinajstić information content (AvgIpc) is 2.77. The monoisotopic (exact) mass is 401 g/mol. The molecule has 0 fully saturated rings.